The number of thioether (sulfide) groups is 1. The van der Waals surface area contributed by atoms with Crippen LogP contribution in [0, 0.1) is 10.8 Å². The van der Waals surface area contributed by atoms with Crippen molar-refractivity contribution in [3.05, 3.63) is 0 Å². The molecule has 0 aromatic rings. The summed E-state index contributed by atoms with van der Waals surface area (Å²) in [7, 11) is 0. The van der Waals surface area contributed by atoms with E-state index in [9.17, 15) is 4.79 Å². The molecule has 0 aliphatic carbocycles. The number of nitrogens with zero attached hydrogens (tertiary/aromatic N) is 1. The molecule has 1 amide bonds. The molecule has 0 spiro atoms. The monoisotopic (exact) mass is 289 g/mol. The van der Waals surface area contributed by atoms with Gasteiger partial charge in [-0.1, -0.05) is 13.8 Å². The van der Waals surface area contributed by atoms with Crippen LogP contribution in [-0.4, -0.2) is 34.4 Å². The van der Waals surface area contributed by atoms with E-state index in [-0.39, 0.29) is 5.91 Å². The smallest absolute Gasteiger partial charge is 0.299 e. The largest absolute Gasteiger partial charge is 0.331 e. The minimum atomic E-state index is -0.0547. The van der Waals surface area contributed by atoms with E-state index in [1.165, 1.54) is 6.42 Å². The molecular weight excluding hydrogens is 274 g/mol. The Morgan fingerprint density at radius 2 is 2.33 bits per heavy atom. The zero-order valence-corrected chi connectivity index (χ0v) is 11.5. The van der Waals surface area contributed by atoms with Gasteiger partial charge in [0.05, 0.1) is 0 Å². The maximum atomic E-state index is 11.5. The van der Waals surface area contributed by atoms with Gasteiger partial charge in [0.25, 0.3) is 5.91 Å². The highest BCUT2D eigenvalue weighted by Crippen LogP contribution is 2.25. The van der Waals surface area contributed by atoms with Crippen molar-refractivity contribution < 1.29 is 4.79 Å². The molecule has 0 N–H and O–H groups in total. The Morgan fingerprint density at radius 3 is 2.93 bits per heavy atom. The summed E-state index contributed by atoms with van der Waals surface area (Å²) < 4.78 is 0. The molecule has 1 aliphatic rings. The number of halogens is 1. The van der Waals surface area contributed by atoms with Crippen LogP contribution < -0.4 is 0 Å². The standard InChI is InChI=1S/C11H16BrNOS/c1-9(2)15-10-4-3-7-13(8-10)11(14)5-6-12/h9-10H,3-4,7-8H2,1-2H3. The maximum Gasteiger partial charge on any atom is 0.299 e. The van der Waals surface area contributed by atoms with Gasteiger partial charge in [0.2, 0.25) is 0 Å². The second kappa shape index (κ2) is 6.44. The number of hydrogen-bond donors (Lipinski definition) is 0. The van der Waals surface area contributed by atoms with Gasteiger partial charge in [-0.2, -0.15) is 11.8 Å². The Balaban J connectivity index is 2.47. The SMILES string of the molecule is CC(C)SC1CCCN(C(=O)C#CBr)C1. The number of likely N-dealkylation sites (tertiary alicyclic amines) is 1. The summed E-state index contributed by atoms with van der Waals surface area (Å²) in [4.78, 5) is 15.9. The quantitative estimate of drug-likeness (QED) is 0.728. The van der Waals surface area contributed by atoms with Crippen LogP contribution in [0.2, 0.25) is 0 Å². The van der Waals surface area contributed by atoms with Gasteiger partial charge in [0.1, 0.15) is 0 Å². The average Bonchev–Trinajstić information content (AvgIpc) is 2.17. The van der Waals surface area contributed by atoms with Crippen molar-refractivity contribution in [3.63, 3.8) is 0 Å². The van der Waals surface area contributed by atoms with E-state index in [0.717, 1.165) is 19.5 Å². The molecule has 0 aromatic carbocycles. The van der Waals surface area contributed by atoms with Crippen LogP contribution in [0.1, 0.15) is 26.7 Å². The number of rotatable bonds is 2. The van der Waals surface area contributed by atoms with Crippen LogP contribution in [0.15, 0.2) is 0 Å². The Kier molecular flexibility index (Phi) is 5.55. The number of hydrogen-bond acceptors (Lipinski definition) is 2. The summed E-state index contributed by atoms with van der Waals surface area (Å²) >= 11 is 4.92. The lowest BCUT2D eigenvalue weighted by Crippen LogP contribution is -2.40. The molecule has 2 nitrogen and oxygen atoms in total. The van der Waals surface area contributed by atoms with Crippen LogP contribution >= 0.6 is 27.7 Å². The fourth-order valence-corrected chi connectivity index (χ4v) is 3.25. The van der Waals surface area contributed by atoms with E-state index in [1.807, 2.05) is 16.7 Å². The van der Waals surface area contributed by atoms with Crippen molar-refractivity contribution in [2.45, 2.75) is 37.2 Å². The first-order valence-electron chi connectivity index (χ1n) is 5.19. The molecule has 0 radical (unpaired) electrons. The van der Waals surface area contributed by atoms with Crippen molar-refractivity contribution in [1.82, 2.24) is 4.90 Å². The molecule has 1 saturated heterocycles. The summed E-state index contributed by atoms with van der Waals surface area (Å²) in [5, 5.41) is 1.21. The minimum absolute atomic E-state index is 0.0547. The zero-order chi connectivity index (χ0) is 11.3. The lowest BCUT2D eigenvalue weighted by molar-refractivity contribution is -0.125. The fraction of sp³-hybridized carbons (Fsp3) is 0.727. The first-order valence-corrected chi connectivity index (χ1v) is 6.93. The summed E-state index contributed by atoms with van der Waals surface area (Å²) in [5.41, 5.74) is 0. The average molecular weight is 290 g/mol. The predicted octanol–water partition coefficient (Wildman–Crippen LogP) is 2.47. The molecule has 0 aromatic heterocycles. The molecule has 1 unspecified atom stereocenters. The third-order valence-corrected chi connectivity index (χ3v) is 3.80. The maximum absolute atomic E-state index is 11.5. The summed E-state index contributed by atoms with van der Waals surface area (Å²) in [6, 6.07) is 0. The highest BCUT2D eigenvalue weighted by molar-refractivity contribution is 9.12. The van der Waals surface area contributed by atoms with Crippen LogP contribution in [-0.2, 0) is 4.79 Å². The van der Waals surface area contributed by atoms with Gasteiger partial charge in [0, 0.05) is 40.2 Å². The van der Waals surface area contributed by atoms with Crippen molar-refractivity contribution in [1.29, 1.82) is 0 Å². The fourth-order valence-electron chi connectivity index (χ4n) is 1.74. The molecule has 84 valence electrons. The van der Waals surface area contributed by atoms with Gasteiger partial charge in [-0.05, 0) is 22.9 Å². The van der Waals surface area contributed by atoms with Crippen LogP contribution in [0.4, 0.5) is 0 Å². The number of carbonyl (C=O) groups excluding carboxylic acids is 1. The van der Waals surface area contributed by atoms with Crippen molar-refractivity contribution in [2.24, 2.45) is 0 Å². The molecule has 1 fully saturated rings. The van der Waals surface area contributed by atoms with Gasteiger partial charge >= 0.3 is 0 Å². The topological polar surface area (TPSA) is 20.3 Å². The van der Waals surface area contributed by atoms with Crippen molar-refractivity contribution in [3.8, 4) is 10.8 Å². The molecule has 1 heterocycles. The third kappa shape index (κ3) is 4.48. The summed E-state index contributed by atoms with van der Waals surface area (Å²) in [5.74, 6) is 2.48. The second-order valence-electron chi connectivity index (χ2n) is 3.92. The first-order chi connectivity index (χ1) is 7.13. The first kappa shape index (κ1) is 12.9. The molecule has 1 aliphatic heterocycles. The van der Waals surface area contributed by atoms with E-state index in [1.54, 1.807) is 0 Å². The van der Waals surface area contributed by atoms with E-state index in [4.69, 9.17) is 0 Å². The predicted molar refractivity (Wildman–Crippen MR) is 69.0 cm³/mol. The minimum Gasteiger partial charge on any atom is -0.331 e. The second-order valence-corrected chi connectivity index (χ2v) is 6.20. The number of carbonyl (C=O) groups is 1. The van der Waals surface area contributed by atoms with Gasteiger partial charge in [0.15, 0.2) is 0 Å². The van der Waals surface area contributed by atoms with Crippen molar-refractivity contribution >= 4 is 33.6 Å². The molecule has 1 rings (SSSR count). The van der Waals surface area contributed by atoms with Crippen LogP contribution in [0.25, 0.3) is 0 Å². The van der Waals surface area contributed by atoms with E-state index < -0.39 is 0 Å². The summed E-state index contributed by atoms with van der Waals surface area (Å²) in [6.07, 6.45) is 2.31. The van der Waals surface area contributed by atoms with Crippen molar-refractivity contribution in [2.75, 3.05) is 13.1 Å². The van der Waals surface area contributed by atoms with E-state index in [0.29, 0.717) is 10.5 Å². The van der Waals surface area contributed by atoms with Gasteiger partial charge in [-0.25, -0.2) is 0 Å². The Morgan fingerprint density at radius 1 is 1.60 bits per heavy atom. The van der Waals surface area contributed by atoms with Gasteiger partial charge < -0.3 is 4.90 Å². The number of amides is 1. The molecule has 1 atom stereocenters. The Hall–Kier alpha value is -0.140. The van der Waals surface area contributed by atoms with Gasteiger partial charge in [-0.3, -0.25) is 4.79 Å². The van der Waals surface area contributed by atoms with E-state index in [2.05, 4.69) is 40.5 Å². The van der Waals surface area contributed by atoms with Crippen LogP contribution in [0.5, 0.6) is 0 Å². The third-order valence-electron chi connectivity index (χ3n) is 2.28. The normalized spacial score (nSPS) is 21.1. The lowest BCUT2D eigenvalue weighted by atomic mass is 10.1. The Labute approximate surface area is 104 Å². The van der Waals surface area contributed by atoms with Gasteiger partial charge in [-0.15, -0.1) is 0 Å². The highest BCUT2D eigenvalue weighted by atomic mass is 79.9. The molecule has 4 heteroatoms. The van der Waals surface area contributed by atoms with Crippen LogP contribution in [0.3, 0.4) is 0 Å². The Bertz CT molecular complexity index is 282. The molecule has 0 bridgehead atoms. The highest BCUT2D eigenvalue weighted by Gasteiger charge is 2.23. The molecular formula is C11H16BrNOS. The molecule has 0 saturated carbocycles. The summed E-state index contributed by atoms with van der Waals surface area (Å²) in [6.45, 7) is 6.10. The molecule has 15 heavy (non-hydrogen) atoms. The lowest BCUT2D eigenvalue weighted by Gasteiger charge is -2.31. The van der Waals surface area contributed by atoms with E-state index >= 15 is 0 Å². The zero-order valence-electron chi connectivity index (χ0n) is 9.12. The number of piperidine rings is 1.